The first-order chi connectivity index (χ1) is 16.2. The molecule has 5 rings (SSSR count). The highest BCUT2D eigenvalue weighted by Crippen LogP contribution is 2.29. The highest BCUT2D eigenvalue weighted by molar-refractivity contribution is 5.94. The Labute approximate surface area is 192 Å². The molecule has 0 aliphatic carbocycles. The van der Waals surface area contributed by atoms with E-state index in [1.807, 2.05) is 71.6 Å². The number of likely N-dealkylation sites (tertiary alicyclic amines) is 1. The fraction of sp³-hybridized carbons (Fsp3) is 0.222. The van der Waals surface area contributed by atoms with E-state index in [-0.39, 0.29) is 11.8 Å². The maximum absolute atomic E-state index is 13.2. The number of piperidine rings is 1. The van der Waals surface area contributed by atoms with Crippen molar-refractivity contribution in [3.8, 4) is 28.3 Å². The summed E-state index contributed by atoms with van der Waals surface area (Å²) in [4.78, 5) is 19.7. The van der Waals surface area contributed by atoms with E-state index in [4.69, 9.17) is 9.26 Å². The first-order valence-electron chi connectivity index (χ1n) is 11.1. The van der Waals surface area contributed by atoms with Crippen molar-refractivity contribution in [2.24, 2.45) is 0 Å². The highest BCUT2D eigenvalue weighted by atomic mass is 16.5. The van der Waals surface area contributed by atoms with Gasteiger partial charge in [-0.2, -0.15) is 4.98 Å². The summed E-state index contributed by atoms with van der Waals surface area (Å²) in [5, 5.41) is 4.16. The molecular formula is C27H25N3O3. The number of ether oxygens (including phenoxy) is 1. The normalized spacial score (nSPS) is 15.9. The summed E-state index contributed by atoms with van der Waals surface area (Å²) in [6.07, 6.45) is 1.81. The number of aromatic nitrogens is 2. The van der Waals surface area contributed by atoms with Gasteiger partial charge in [0.1, 0.15) is 5.75 Å². The lowest BCUT2D eigenvalue weighted by molar-refractivity contribution is 0.0695. The zero-order valence-electron chi connectivity index (χ0n) is 18.5. The summed E-state index contributed by atoms with van der Waals surface area (Å²) >= 11 is 0. The zero-order chi connectivity index (χ0) is 22.6. The molecule has 0 N–H and O–H groups in total. The van der Waals surface area contributed by atoms with Crippen LogP contribution in [0.3, 0.4) is 0 Å². The van der Waals surface area contributed by atoms with E-state index in [2.05, 4.69) is 22.3 Å². The lowest BCUT2D eigenvalue weighted by Crippen LogP contribution is -2.39. The molecule has 1 fully saturated rings. The van der Waals surface area contributed by atoms with Crippen molar-refractivity contribution < 1.29 is 14.1 Å². The van der Waals surface area contributed by atoms with Crippen LogP contribution in [0.1, 0.15) is 35.0 Å². The van der Waals surface area contributed by atoms with Crippen LogP contribution in [0.5, 0.6) is 5.75 Å². The van der Waals surface area contributed by atoms with Crippen LogP contribution in [-0.4, -0.2) is 41.1 Å². The van der Waals surface area contributed by atoms with Gasteiger partial charge in [-0.15, -0.1) is 0 Å². The fourth-order valence-corrected chi connectivity index (χ4v) is 4.26. The predicted molar refractivity (Wildman–Crippen MR) is 126 cm³/mol. The van der Waals surface area contributed by atoms with Crippen LogP contribution in [0, 0.1) is 0 Å². The molecule has 1 atom stereocenters. The van der Waals surface area contributed by atoms with E-state index in [1.165, 1.54) is 0 Å². The molecule has 4 aromatic rings. The molecule has 0 bridgehead atoms. The molecule has 6 heteroatoms. The van der Waals surface area contributed by atoms with Crippen LogP contribution in [0.2, 0.25) is 0 Å². The molecule has 6 nitrogen and oxygen atoms in total. The van der Waals surface area contributed by atoms with Gasteiger partial charge in [0.15, 0.2) is 0 Å². The number of hydrogen-bond acceptors (Lipinski definition) is 5. The van der Waals surface area contributed by atoms with Gasteiger partial charge < -0.3 is 14.2 Å². The Bertz CT molecular complexity index is 1230. The van der Waals surface area contributed by atoms with Gasteiger partial charge in [0.05, 0.1) is 13.0 Å². The van der Waals surface area contributed by atoms with E-state index in [0.717, 1.165) is 41.8 Å². The number of benzene rings is 3. The van der Waals surface area contributed by atoms with Gasteiger partial charge in [-0.25, -0.2) is 0 Å². The van der Waals surface area contributed by atoms with Crippen LogP contribution < -0.4 is 4.74 Å². The minimum atomic E-state index is 0.0261. The van der Waals surface area contributed by atoms with Gasteiger partial charge in [-0.1, -0.05) is 59.8 Å². The van der Waals surface area contributed by atoms with Crippen molar-refractivity contribution in [3.05, 3.63) is 90.3 Å². The summed E-state index contributed by atoms with van der Waals surface area (Å²) in [5.74, 6) is 1.91. The summed E-state index contributed by atoms with van der Waals surface area (Å²) in [7, 11) is 1.63. The molecule has 1 aliphatic rings. The summed E-state index contributed by atoms with van der Waals surface area (Å²) in [6, 6.07) is 25.5. The highest BCUT2D eigenvalue weighted by Gasteiger charge is 2.29. The number of hydrogen-bond donors (Lipinski definition) is 0. The predicted octanol–water partition coefficient (Wildman–Crippen LogP) is 5.43. The van der Waals surface area contributed by atoms with Gasteiger partial charge in [0.25, 0.3) is 5.91 Å². The molecule has 0 radical (unpaired) electrons. The Hall–Kier alpha value is -3.93. The minimum absolute atomic E-state index is 0.0261. The molecule has 1 unspecified atom stereocenters. The van der Waals surface area contributed by atoms with Crippen LogP contribution in [0.25, 0.3) is 22.5 Å². The van der Waals surface area contributed by atoms with Crippen LogP contribution in [0.15, 0.2) is 83.4 Å². The Kier molecular flexibility index (Phi) is 5.89. The molecule has 1 amide bonds. The third-order valence-electron chi connectivity index (χ3n) is 6.07. The minimum Gasteiger partial charge on any atom is -0.497 e. The second kappa shape index (κ2) is 9.28. The molecule has 33 heavy (non-hydrogen) atoms. The van der Waals surface area contributed by atoms with E-state index < -0.39 is 0 Å². The standard InChI is InChI=1S/C27H25N3O3/c1-32-24-11-5-9-22(17-24)25-28-26(33-29-25)23-10-6-16-30(18-23)27(31)21-14-12-20(13-15-21)19-7-3-2-4-8-19/h2-5,7-9,11-15,17,23H,6,10,16,18H2,1H3. The quantitative estimate of drug-likeness (QED) is 0.415. The van der Waals surface area contributed by atoms with Crippen molar-refractivity contribution in [1.29, 1.82) is 0 Å². The summed E-state index contributed by atoms with van der Waals surface area (Å²) in [5.41, 5.74) is 3.77. The molecule has 3 aromatic carbocycles. The summed E-state index contributed by atoms with van der Waals surface area (Å²) in [6.45, 7) is 1.30. The summed E-state index contributed by atoms with van der Waals surface area (Å²) < 4.78 is 10.9. The van der Waals surface area contributed by atoms with Crippen LogP contribution >= 0.6 is 0 Å². The molecule has 0 saturated carbocycles. The smallest absolute Gasteiger partial charge is 0.253 e. The largest absolute Gasteiger partial charge is 0.497 e. The third-order valence-corrected chi connectivity index (χ3v) is 6.07. The molecule has 1 saturated heterocycles. The van der Waals surface area contributed by atoms with Gasteiger partial charge in [0, 0.05) is 24.2 Å². The zero-order valence-corrected chi connectivity index (χ0v) is 18.5. The van der Waals surface area contributed by atoms with Crippen molar-refractivity contribution in [1.82, 2.24) is 15.0 Å². The first-order valence-corrected chi connectivity index (χ1v) is 11.1. The van der Waals surface area contributed by atoms with Gasteiger partial charge in [-0.3, -0.25) is 4.79 Å². The maximum Gasteiger partial charge on any atom is 0.253 e. The van der Waals surface area contributed by atoms with Gasteiger partial charge >= 0.3 is 0 Å². The monoisotopic (exact) mass is 439 g/mol. The Morgan fingerprint density at radius 3 is 2.52 bits per heavy atom. The second-order valence-electron chi connectivity index (χ2n) is 8.22. The Morgan fingerprint density at radius 2 is 1.73 bits per heavy atom. The molecule has 166 valence electrons. The number of rotatable bonds is 5. The number of carbonyl (C=O) groups is 1. The topological polar surface area (TPSA) is 68.5 Å². The maximum atomic E-state index is 13.2. The Morgan fingerprint density at radius 1 is 0.970 bits per heavy atom. The van der Waals surface area contributed by atoms with E-state index in [9.17, 15) is 4.79 Å². The molecular weight excluding hydrogens is 414 g/mol. The van der Waals surface area contributed by atoms with Crippen molar-refractivity contribution >= 4 is 5.91 Å². The fourth-order valence-electron chi connectivity index (χ4n) is 4.26. The second-order valence-corrected chi connectivity index (χ2v) is 8.22. The van der Waals surface area contributed by atoms with Crippen LogP contribution in [0.4, 0.5) is 0 Å². The van der Waals surface area contributed by atoms with E-state index in [0.29, 0.717) is 23.8 Å². The number of methoxy groups -OCH3 is 1. The number of carbonyl (C=O) groups excluding carboxylic acids is 1. The van der Waals surface area contributed by atoms with Crippen molar-refractivity contribution in [3.63, 3.8) is 0 Å². The number of amides is 1. The van der Waals surface area contributed by atoms with Gasteiger partial charge in [-0.05, 0) is 48.2 Å². The molecule has 1 aromatic heterocycles. The van der Waals surface area contributed by atoms with Gasteiger partial charge in [0.2, 0.25) is 11.7 Å². The lowest BCUT2D eigenvalue weighted by Gasteiger charge is -2.31. The van der Waals surface area contributed by atoms with E-state index in [1.54, 1.807) is 7.11 Å². The average Bonchev–Trinajstić information content (AvgIpc) is 3.40. The van der Waals surface area contributed by atoms with E-state index >= 15 is 0 Å². The number of nitrogens with zero attached hydrogens (tertiary/aromatic N) is 3. The lowest BCUT2D eigenvalue weighted by atomic mass is 9.97. The van der Waals surface area contributed by atoms with Crippen LogP contribution in [-0.2, 0) is 0 Å². The van der Waals surface area contributed by atoms with Crippen molar-refractivity contribution in [2.45, 2.75) is 18.8 Å². The molecule has 1 aliphatic heterocycles. The molecule has 2 heterocycles. The Balaban J connectivity index is 1.29. The molecule has 0 spiro atoms. The first kappa shape index (κ1) is 20.9. The SMILES string of the molecule is COc1cccc(-c2noc(C3CCCN(C(=O)c4ccc(-c5ccccc5)cc4)C3)n2)c1. The third kappa shape index (κ3) is 4.51. The van der Waals surface area contributed by atoms with Crippen molar-refractivity contribution in [2.75, 3.05) is 20.2 Å². The average molecular weight is 440 g/mol.